The summed E-state index contributed by atoms with van der Waals surface area (Å²) in [6.45, 7) is 6.86. The minimum atomic E-state index is -0.238. The molecule has 0 atom stereocenters. The van der Waals surface area contributed by atoms with Gasteiger partial charge in [0.1, 0.15) is 5.75 Å². The fourth-order valence-corrected chi connectivity index (χ4v) is 2.71. The molecular formula is C16H21N3O2S. The molecule has 0 radical (unpaired) electrons. The van der Waals surface area contributed by atoms with Crippen LogP contribution in [0.3, 0.4) is 0 Å². The molecule has 0 unspecified atom stereocenters. The van der Waals surface area contributed by atoms with E-state index in [-0.39, 0.29) is 12.5 Å². The lowest BCUT2D eigenvalue weighted by Gasteiger charge is -2.08. The summed E-state index contributed by atoms with van der Waals surface area (Å²) >= 11 is 1.44. The minimum absolute atomic E-state index is 0.0458. The van der Waals surface area contributed by atoms with E-state index in [1.54, 1.807) is 0 Å². The molecule has 1 heterocycles. The number of hydrogen-bond acceptors (Lipinski definition) is 5. The smallest absolute Gasteiger partial charge is 0.239 e. The maximum absolute atomic E-state index is 11.3. The third-order valence-corrected chi connectivity index (χ3v) is 3.83. The second-order valence-electron chi connectivity index (χ2n) is 5.41. The van der Waals surface area contributed by atoms with E-state index >= 15 is 0 Å². The number of rotatable bonds is 6. The van der Waals surface area contributed by atoms with Gasteiger partial charge in [-0.05, 0) is 37.1 Å². The van der Waals surface area contributed by atoms with Gasteiger partial charge in [0, 0.05) is 10.4 Å². The lowest BCUT2D eigenvalue weighted by Crippen LogP contribution is -2.21. The number of thiazole rings is 1. The Balaban J connectivity index is 2.12. The SMILES string of the molecule is Cc1sc(NC(=O)CN)nc1-c1ccc(OCC(C)C)cc1. The van der Waals surface area contributed by atoms with E-state index in [0.29, 0.717) is 17.7 Å². The molecule has 0 fully saturated rings. The van der Waals surface area contributed by atoms with Crippen LogP contribution in [0.5, 0.6) is 5.75 Å². The molecule has 0 saturated carbocycles. The highest BCUT2D eigenvalue weighted by Crippen LogP contribution is 2.31. The molecule has 2 rings (SSSR count). The molecule has 0 saturated heterocycles. The topological polar surface area (TPSA) is 77.2 Å². The van der Waals surface area contributed by atoms with E-state index in [2.05, 4.69) is 24.1 Å². The van der Waals surface area contributed by atoms with Crippen LogP contribution in [0.1, 0.15) is 18.7 Å². The Bertz CT molecular complexity index is 635. The number of hydrogen-bond donors (Lipinski definition) is 2. The zero-order valence-electron chi connectivity index (χ0n) is 13.1. The molecule has 6 heteroatoms. The Kier molecular flexibility index (Phi) is 5.51. The lowest BCUT2D eigenvalue weighted by molar-refractivity contribution is -0.114. The predicted molar refractivity (Wildman–Crippen MR) is 90.3 cm³/mol. The predicted octanol–water partition coefficient (Wildman–Crippen LogP) is 3.05. The quantitative estimate of drug-likeness (QED) is 0.858. The van der Waals surface area contributed by atoms with Crippen LogP contribution < -0.4 is 15.8 Å². The van der Waals surface area contributed by atoms with Crippen molar-refractivity contribution < 1.29 is 9.53 Å². The van der Waals surface area contributed by atoms with Gasteiger partial charge in [0.2, 0.25) is 5.91 Å². The van der Waals surface area contributed by atoms with Crippen LogP contribution in [0.4, 0.5) is 5.13 Å². The second-order valence-corrected chi connectivity index (χ2v) is 6.61. The summed E-state index contributed by atoms with van der Waals surface area (Å²) in [4.78, 5) is 16.8. The highest BCUT2D eigenvalue weighted by molar-refractivity contribution is 7.16. The molecule has 0 aliphatic carbocycles. The van der Waals surface area contributed by atoms with Crippen LogP contribution in [0.2, 0.25) is 0 Å². The first-order chi connectivity index (χ1) is 10.5. The van der Waals surface area contributed by atoms with Crippen molar-refractivity contribution in [3.8, 4) is 17.0 Å². The van der Waals surface area contributed by atoms with Crippen molar-refractivity contribution in [2.24, 2.45) is 11.7 Å². The van der Waals surface area contributed by atoms with Gasteiger partial charge >= 0.3 is 0 Å². The van der Waals surface area contributed by atoms with Gasteiger partial charge in [-0.15, -0.1) is 11.3 Å². The van der Waals surface area contributed by atoms with Crippen LogP contribution in [0, 0.1) is 12.8 Å². The number of carbonyl (C=O) groups excluding carboxylic acids is 1. The first-order valence-electron chi connectivity index (χ1n) is 7.20. The third-order valence-electron chi connectivity index (χ3n) is 2.94. The number of aromatic nitrogens is 1. The molecule has 1 amide bonds. The summed E-state index contributed by atoms with van der Waals surface area (Å²) < 4.78 is 5.67. The molecule has 0 bridgehead atoms. The largest absolute Gasteiger partial charge is 0.493 e. The Morgan fingerprint density at radius 1 is 1.36 bits per heavy atom. The van der Waals surface area contributed by atoms with E-state index in [1.165, 1.54) is 11.3 Å². The van der Waals surface area contributed by atoms with Crippen molar-refractivity contribution in [1.82, 2.24) is 4.98 Å². The number of nitrogens with one attached hydrogen (secondary N) is 1. The Morgan fingerprint density at radius 3 is 2.64 bits per heavy atom. The van der Waals surface area contributed by atoms with Gasteiger partial charge in [0.05, 0.1) is 18.8 Å². The summed E-state index contributed by atoms with van der Waals surface area (Å²) in [5.74, 6) is 1.11. The van der Waals surface area contributed by atoms with E-state index in [9.17, 15) is 4.79 Å². The summed E-state index contributed by atoms with van der Waals surface area (Å²) in [7, 11) is 0. The van der Waals surface area contributed by atoms with Gasteiger partial charge in [-0.3, -0.25) is 4.79 Å². The number of aryl methyl sites for hydroxylation is 1. The number of amides is 1. The van der Waals surface area contributed by atoms with E-state index in [1.807, 2.05) is 31.2 Å². The monoisotopic (exact) mass is 319 g/mol. The second kappa shape index (κ2) is 7.38. The maximum Gasteiger partial charge on any atom is 0.239 e. The summed E-state index contributed by atoms with van der Waals surface area (Å²) in [5, 5.41) is 3.26. The van der Waals surface area contributed by atoms with Crippen molar-refractivity contribution in [1.29, 1.82) is 0 Å². The standard InChI is InChI=1S/C16H21N3O2S/c1-10(2)9-21-13-6-4-12(5-7-13)15-11(3)22-16(19-15)18-14(20)8-17/h4-7,10H,8-9,17H2,1-3H3,(H,18,19,20). The Labute approximate surface area is 134 Å². The molecular weight excluding hydrogens is 298 g/mol. The van der Waals surface area contributed by atoms with Crippen LogP contribution >= 0.6 is 11.3 Å². The van der Waals surface area contributed by atoms with Gasteiger partial charge in [-0.1, -0.05) is 13.8 Å². The number of carbonyl (C=O) groups is 1. The van der Waals surface area contributed by atoms with Gasteiger partial charge < -0.3 is 15.8 Å². The van der Waals surface area contributed by atoms with E-state index < -0.39 is 0 Å². The van der Waals surface area contributed by atoms with Gasteiger partial charge in [0.15, 0.2) is 5.13 Å². The van der Waals surface area contributed by atoms with Crippen molar-refractivity contribution in [3.63, 3.8) is 0 Å². The number of benzene rings is 1. The third kappa shape index (κ3) is 4.29. The molecule has 1 aromatic carbocycles. The zero-order valence-corrected chi connectivity index (χ0v) is 13.9. The average Bonchev–Trinajstić information content (AvgIpc) is 2.86. The van der Waals surface area contributed by atoms with Crippen LogP contribution in [-0.2, 0) is 4.79 Å². The molecule has 22 heavy (non-hydrogen) atoms. The molecule has 2 aromatic rings. The van der Waals surface area contributed by atoms with E-state index in [0.717, 1.165) is 21.9 Å². The molecule has 5 nitrogen and oxygen atoms in total. The minimum Gasteiger partial charge on any atom is -0.493 e. The van der Waals surface area contributed by atoms with Crippen molar-refractivity contribution in [2.75, 3.05) is 18.5 Å². The molecule has 3 N–H and O–H groups in total. The average molecular weight is 319 g/mol. The van der Waals surface area contributed by atoms with Gasteiger partial charge in [-0.2, -0.15) is 0 Å². The van der Waals surface area contributed by atoms with Crippen LogP contribution in [0.25, 0.3) is 11.3 Å². The van der Waals surface area contributed by atoms with Crippen molar-refractivity contribution in [3.05, 3.63) is 29.1 Å². The van der Waals surface area contributed by atoms with Gasteiger partial charge in [0.25, 0.3) is 0 Å². The molecule has 1 aromatic heterocycles. The number of anilines is 1. The molecule has 0 spiro atoms. The zero-order chi connectivity index (χ0) is 16.1. The highest BCUT2D eigenvalue weighted by Gasteiger charge is 2.11. The highest BCUT2D eigenvalue weighted by atomic mass is 32.1. The fraction of sp³-hybridized carbons (Fsp3) is 0.375. The maximum atomic E-state index is 11.3. The summed E-state index contributed by atoms with van der Waals surface area (Å²) in [5.41, 5.74) is 7.16. The number of nitrogens with zero attached hydrogens (tertiary/aromatic N) is 1. The molecule has 118 valence electrons. The normalized spacial score (nSPS) is 10.8. The lowest BCUT2D eigenvalue weighted by atomic mass is 10.1. The van der Waals surface area contributed by atoms with E-state index in [4.69, 9.17) is 10.5 Å². The Morgan fingerprint density at radius 2 is 2.05 bits per heavy atom. The van der Waals surface area contributed by atoms with Crippen LogP contribution in [0.15, 0.2) is 24.3 Å². The molecule has 0 aliphatic heterocycles. The fourth-order valence-electron chi connectivity index (χ4n) is 1.86. The van der Waals surface area contributed by atoms with Crippen LogP contribution in [-0.4, -0.2) is 24.0 Å². The summed E-state index contributed by atoms with van der Waals surface area (Å²) in [6.07, 6.45) is 0. The number of nitrogens with two attached hydrogens (primary N) is 1. The van der Waals surface area contributed by atoms with Gasteiger partial charge in [-0.25, -0.2) is 4.98 Å². The Hall–Kier alpha value is -1.92. The number of ether oxygens (including phenoxy) is 1. The van der Waals surface area contributed by atoms with Crippen molar-refractivity contribution in [2.45, 2.75) is 20.8 Å². The van der Waals surface area contributed by atoms with Crippen molar-refractivity contribution >= 4 is 22.4 Å². The molecule has 0 aliphatic rings. The first kappa shape index (κ1) is 16.5. The summed E-state index contributed by atoms with van der Waals surface area (Å²) in [6, 6.07) is 7.84. The first-order valence-corrected chi connectivity index (χ1v) is 8.01.